The van der Waals surface area contributed by atoms with E-state index in [1.165, 1.54) is 0 Å². The molecule has 1 unspecified atom stereocenters. The summed E-state index contributed by atoms with van der Waals surface area (Å²) in [7, 11) is 3.30. The van der Waals surface area contributed by atoms with Crippen LogP contribution in [-0.4, -0.2) is 43.2 Å². The largest absolute Gasteiger partial charge is 0.497 e. The Labute approximate surface area is 192 Å². The number of nitrogens with zero attached hydrogens (tertiary/aromatic N) is 2. The van der Waals surface area contributed by atoms with Gasteiger partial charge in [-0.15, -0.1) is 11.3 Å². The molecule has 3 aromatic rings. The van der Waals surface area contributed by atoms with Gasteiger partial charge in [0.05, 0.1) is 39.0 Å². The van der Waals surface area contributed by atoms with Gasteiger partial charge >= 0.3 is 0 Å². The summed E-state index contributed by atoms with van der Waals surface area (Å²) >= 11 is 1.56. The van der Waals surface area contributed by atoms with Gasteiger partial charge in [0.2, 0.25) is 5.91 Å². The predicted octanol–water partition coefficient (Wildman–Crippen LogP) is 5.13. The van der Waals surface area contributed by atoms with Crippen LogP contribution in [0.2, 0.25) is 0 Å². The van der Waals surface area contributed by atoms with Crippen LogP contribution in [0.25, 0.3) is 10.6 Å². The number of carbonyl (C=O) groups excluding carboxylic acids is 1. The molecule has 0 spiro atoms. The minimum absolute atomic E-state index is 0.0169. The molecule has 1 aliphatic heterocycles. The summed E-state index contributed by atoms with van der Waals surface area (Å²) < 4.78 is 16.5. The first-order valence-electron chi connectivity index (χ1n) is 10.8. The van der Waals surface area contributed by atoms with E-state index in [1.54, 1.807) is 25.6 Å². The van der Waals surface area contributed by atoms with E-state index in [4.69, 9.17) is 19.2 Å². The standard InChI is InChI=1S/C25H28N2O4S/c1-4-31-19-9-7-17(8-10-19)25-26-18(16-32-25)14-24(28)27-13-5-6-22(27)21-15-20(29-2)11-12-23(21)30-3/h7-12,15-16,22H,4-6,13-14H2,1-3H3. The Kier molecular flexibility index (Phi) is 6.95. The van der Waals surface area contributed by atoms with E-state index in [1.807, 2.05) is 59.7 Å². The first-order chi connectivity index (χ1) is 15.6. The van der Waals surface area contributed by atoms with E-state index in [2.05, 4.69) is 0 Å². The number of amides is 1. The summed E-state index contributed by atoms with van der Waals surface area (Å²) in [6, 6.07) is 13.6. The zero-order valence-corrected chi connectivity index (χ0v) is 19.5. The van der Waals surface area contributed by atoms with Crippen molar-refractivity contribution in [3.63, 3.8) is 0 Å². The lowest BCUT2D eigenvalue weighted by Gasteiger charge is -2.26. The number of carbonyl (C=O) groups is 1. The Morgan fingerprint density at radius 3 is 2.62 bits per heavy atom. The fourth-order valence-electron chi connectivity index (χ4n) is 4.13. The van der Waals surface area contributed by atoms with Crippen molar-refractivity contribution in [2.45, 2.75) is 32.2 Å². The van der Waals surface area contributed by atoms with E-state index >= 15 is 0 Å². The lowest BCUT2D eigenvalue weighted by Crippen LogP contribution is -2.32. The summed E-state index contributed by atoms with van der Waals surface area (Å²) in [6.45, 7) is 3.34. The molecule has 0 N–H and O–H groups in total. The number of aromatic nitrogens is 1. The van der Waals surface area contributed by atoms with Gasteiger partial charge in [0.1, 0.15) is 22.3 Å². The minimum atomic E-state index is -0.0169. The highest BCUT2D eigenvalue weighted by Crippen LogP contribution is 2.39. The molecule has 2 heterocycles. The van der Waals surface area contributed by atoms with Crippen LogP contribution in [0.5, 0.6) is 17.2 Å². The third-order valence-corrected chi connectivity index (χ3v) is 6.61. The average Bonchev–Trinajstić information content (AvgIpc) is 3.49. The number of methoxy groups -OCH3 is 2. The molecule has 1 aromatic heterocycles. The van der Waals surface area contributed by atoms with Crippen molar-refractivity contribution < 1.29 is 19.0 Å². The molecule has 2 aromatic carbocycles. The number of rotatable bonds is 8. The van der Waals surface area contributed by atoms with E-state index in [0.29, 0.717) is 6.61 Å². The van der Waals surface area contributed by atoms with Crippen molar-refractivity contribution in [3.05, 3.63) is 59.1 Å². The molecule has 0 saturated carbocycles. The monoisotopic (exact) mass is 452 g/mol. The molecule has 1 aliphatic rings. The van der Waals surface area contributed by atoms with Crippen LogP contribution in [0, 0.1) is 0 Å². The summed E-state index contributed by atoms with van der Waals surface area (Å²) in [5, 5.41) is 2.88. The maximum atomic E-state index is 13.2. The van der Waals surface area contributed by atoms with Gasteiger partial charge in [-0.2, -0.15) is 0 Å². The molecular weight excluding hydrogens is 424 g/mol. The number of benzene rings is 2. The van der Waals surface area contributed by atoms with Crippen LogP contribution in [0.1, 0.15) is 37.1 Å². The molecule has 6 nitrogen and oxygen atoms in total. The second-order valence-electron chi connectivity index (χ2n) is 7.63. The van der Waals surface area contributed by atoms with Gasteiger partial charge in [-0.05, 0) is 62.2 Å². The highest BCUT2D eigenvalue weighted by Gasteiger charge is 2.32. The Morgan fingerprint density at radius 2 is 1.91 bits per heavy atom. The second kappa shape index (κ2) is 10.0. The van der Waals surface area contributed by atoms with Gasteiger partial charge in [0.25, 0.3) is 0 Å². The van der Waals surface area contributed by atoms with Gasteiger partial charge in [-0.25, -0.2) is 4.98 Å². The molecule has 1 amide bonds. The van der Waals surface area contributed by atoms with E-state index in [9.17, 15) is 4.79 Å². The molecule has 0 aliphatic carbocycles. The normalized spacial score (nSPS) is 15.6. The van der Waals surface area contributed by atoms with Gasteiger partial charge in [0.15, 0.2) is 0 Å². The van der Waals surface area contributed by atoms with Gasteiger partial charge in [-0.3, -0.25) is 4.79 Å². The summed E-state index contributed by atoms with van der Waals surface area (Å²) in [6.07, 6.45) is 2.16. The smallest absolute Gasteiger partial charge is 0.229 e. The van der Waals surface area contributed by atoms with Crippen LogP contribution < -0.4 is 14.2 Å². The van der Waals surface area contributed by atoms with Crippen molar-refractivity contribution in [2.24, 2.45) is 0 Å². The molecule has 0 bridgehead atoms. The first-order valence-corrected chi connectivity index (χ1v) is 11.7. The van der Waals surface area contributed by atoms with Crippen molar-refractivity contribution in [3.8, 4) is 27.8 Å². The zero-order valence-electron chi connectivity index (χ0n) is 18.7. The highest BCUT2D eigenvalue weighted by molar-refractivity contribution is 7.13. The molecule has 1 atom stereocenters. The molecule has 7 heteroatoms. The maximum Gasteiger partial charge on any atom is 0.229 e. The minimum Gasteiger partial charge on any atom is -0.497 e. The number of hydrogen-bond donors (Lipinski definition) is 0. The lowest BCUT2D eigenvalue weighted by atomic mass is 10.0. The SMILES string of the molecule is CCOc1ccc(-c2nc(CC(=O)N3CCCC3c3cc(OC)ccc3OC)cs2)cc1. The molecule has 32 heavy (non-hydrogen) atoms. The molecule has 168 valence electrons. The van der Waals surface area contributed by atoms with Gasteiger partial charge in [0, 0.05) is 23.1 Å². The molecule has 4 rings (SSSR count). The van der Waals surface area contributed by atoms with Crippen LogP contribution in [-0.2, 0) is 11.2 Å². The third-order valence-electron chi connectivity index (χ3n) is 5.67. The molecule has 0 radical (unpaired) electrons. The number of ether oxygens (including phenoxy) is 3. The summed E-state index contributed by atoms with van der Waals surface area (Å²) in [4.78, 5) is 19.9. The van der Waals surface area contributed by atoms with Crippen LogP contribution in [0.3, 0.4) is 0 Å². The Bertz CT molecular complexity index is 1060. The fourth-order valence-corrected chi connectivity index (χ4v) is 4.95. The quantitative estimate of drug-likeness (QED) is 0.474. The number of hydrogen-bond acceptors (Lipinski definition) is 6. The van der Waals surface area contributed by atoms with E-state index < -0.39 is 0 Å². The predicted molar refractivity (Wildman–Crippen MR) is 126 cm³/mol. The van der Waals surface area contributed by atoms with Crippen molar-refractivity contribution in [2.75, 3.05) is 27.4 Å². The summed E-state index contributed by atoms with van der Waals surface area (Å²) in [5.74, 6) is 2.47. The zero-order chi connectivity index (χ0) is 22.5. The molecule has 1 fully saturated rings. The van der Waals surface area contributed by atoms with Crippen molar-refractivity contribution >= 4 is 17.2 Å². The first kappa shape index (κ1) is 22.1. The molecule has 1 saturated heterocycles. The highest BCUT2D eigenvalue weighted by atomic mass is 32.1. The fraction of sp³-hybridized carbons (Fsp3) is 0.360. The Balaban J connectivity index is 1.48. The number of likely N-dealkylation sites (tertiary alicyclic amines) is 1. The van der Waals surface area contributed by atoms with Gasteiger partial charge < -0.3 is 19.1 Å². The Morgan fingerprint density at radius 1 is 1.12 bits per heavy atom. The third kappa shape index (κ3) is 4.72. The Hall–Kier alpha value is -3.06. The molecular formula is C25H28N2O4S. The van der Waals surface area contributed by atoms with Crippen molar-refractivity contribution in [1.82, 2.24) is 9.88 Å². The van der Waals surface area contributed by atoms with Crippen molar-refractivity contribution in [1.29, 1.82) is 0 Å². The topological polar surface area (TPSA) is 60.9 Å². The summed E-state index contributed by atoms with van der Waals surface area (Å²) in [5.41, 5.74) is 2.82. The van der Waals surface area contributed by atoms with Crippen LogP contribution >= 0.6 is 11.3 Å². The lowest BCUT2D eigenvalue weighted by molar-refractivity contribution is -0.131. The second-order valence-corrected chi connectivity index (χ2v) is 8.49. The van der Waals surface area contributed by atoms with Crippen LogP contribution in [0.15, 0.2) is 47.8 Å². The van der Waals surface area contributed by atoms with Gasteiger partial charge in [-0.1, -0.05) is 0 Å². The van der Waals surface area contributed by atoms with E-state index in [-0.39, 0.29) is 18.4 Å². The average molecular weight is 453 g/mol. The van der Waals surface area contributed by atoms with E-state index in [0.717, 1.165) is 58.5 Å². The maximum absolute atomic E-state index is 13.2. The number of thiazole rings is 1. The van der Waals surface area contributed by atoms with Crippen LogP contribution in [0.4, 0.5) is 0 Å².